The van der Waals surface area contributed by atoms with Gasteiger partial charge in [0.15, 0.2) is 31.2 Å². The van der Waals surface area contributed by atoms with Crippen molar-refractivity contribution >= 4 is 53.5 Å². The zero-order valence-corrected chi connectivity index (χ0v) is 27.7. The minimum absolute atomic E-state index is 0.508. The minimum atomic E-state index is -2.44. The van der Waals surface area contributed by atoms with Crippen molar-refractivity contribution in [2.45, 2.75) is 103 Å². The predicted octanol–water partition coefficient (Wildman–Crippen LogP) is 3.53. The summed E-state index contributed by atoms with van der Waals surface area (Å²) in [7, 11) is -8.30. The van der Waals surface area contributed by atoms with Gasteiger partial charge in [0.2, 0.25) is 13.7 Å². The van der Waals surface area contributed by atoms with E-state index in [1.165, 1.54) is 12.5 Å². The van der Waals surface area contributed by atoms with Crippen LogP contribution in [0.25, 0.3) is 0 Å². The summed E-state index contributed by atoms with van der Waals surface area (Å²) in [5.74, 6) is 0. The first kappa shape index (κ1) is 28.1. The second-order valence-corrected chi connectivity index (χ2v) is 30.4. The van der Waals surface area contributed by atoms with Gasteiger partial charge in [0.25, 0.3) is 0 Å². The van der Waals surface area contributed by atoms with Gasteiger partial charge in [-0.1, -0.05) is 13.3 Å². The molecule has 1 atom stereocenters. The molecule has 0 aromatic rings. The Hall–Kier alpha value is 1.10. The van der Waals surface area contributed by atoms with Gasteiger partial charge in [-0.25, -0.2) is 0 Å². The van der Waals surface area contributed by atoms with Crippen LogP contribution in [-0.2, 0) is 21.8 Å². The molecule has 0 N–H and O–H groups in total. The maximum absolute atomic E-state index is 6.90. The van der Waals surface area contributed by atoms with Crippen LogP contribution in [0, 0.1) is 0 Å². The van der Waals surface area contributed by atoms with Crippen LogP contribution in [0.15, 0.2) is 0 Å². The molecule has 1 unspecified atom stereocenters. The maximum Gasteiger partial charge on any atom is 0.244 e. The summed E-state index contributed by atoms with van der Waals surface area (Å²) in [5.41, 5.74) is -0.912. The number of hydrogen-bond donors (Lipinski definition) is 0. The maximum atomic E-state index is 6.90. The average molecular weight is 487 g/mol. The fourth-order valence-corrected chi connectivity index (χ4v) is 15.0. The molecule has 27 heavy (non-hydrogen) atoms. The lowest BCUT2D eigenvalue weighted by molar-refractivity contribution is -0.208. The van der Waals surface area contributed by atoms with Crippen LogP contribution >= 0.6 is 0 Å². The van der Waals surface area contributed by atoms with Crippen LogP contribution in [0.4, 0.5) is 0 Å². The summed E-state index contributed by atoms with van der Waals surface area (Å²) < 4.78 is 33.1. The monoisotopic (exact) mass is 486 g/mol. The summed E-state index contributed by atoms with van der Waals surface area (Å²) in [4.78, 5) is 0. The van der Waals surface area contributed by atoms with E-state index >= 15 is 0 Å². The number of hydrogen-bond acceptors (Lipinski definition) is 5. The molecule has 0 aliphatic rings. The van der Waals surface area contributed by atoms with Crippen LogP contribution in [-0.4, -0.2) is 65.2 Å². The van der Waals surface area contributed by atoms with Crippen LogP contribution in [0.3, 0.4) is 0 Å². The Labute approximate surface area is 178 Å². The van der Waals surface area contributed by atoms with Gasteiger partial charge in [0, 0.05) is 0 Å². The van der Waals surface area contributed by atoms with E-state index in [0.717, 1.165) is 0 Å². The van der Waals surface area contributed by atoms with Gasteiger partial charge >= 0.3 is 0 Å². The van der Waals surface area contributed by atoms with E-state index in [4.69, 9.17) is 21.8 Å². The van der Waals surface area contributed by atoms with Gasteiger partial charge in [0.05, 0.1) is 0 Å². The van der Waals surface area contributed by atoms with Crippen molar-refractivity contribution in [1.29, 1.82) is 0 Å². The molecular formula is C16H46O5Si6. The smallest absolute Gasteiger partial charge is 0.244 e. The van der Waals surface area contributed by atoms with Crippen molar-refractivity contribution < 1.29 is 21.8 Å². The molecule has 0 bridgehead atoms. The largest absolute Gasteiger partial charge is 0.457 e. The summed E-state index contributed by atoms with van der Waals surface area (Å²) in [6.45, 7) is 26.5. The van der Waals surface area contributed by atoms with Crippen LogP contribution in [0.5, 0.6) is 0 Å². The highest BCUT2D eigenvalue weighted by atomic mass is 28.4. The minimum Gasteiger partial charge on any atom is -0.457 e. The van der Waals surface area contributed by atoms with E-state index < -0.39 is 54.7 Å². The molecule has 164 valence electrons. The Balaban J connectivity index is 6.37. The van der Waals surface area contributed by atoms with Gasteiger partial charge in [-0.3, -0.25) is 0 Å². The first-order valence-corrected chi connectivity index (χ1v) is 25.7. The third-order valence-corrected chi connectivity index (χ3v) is 14.1. The standard InChI is InChI=1S/C16H46O5Si6/c1-13-14-23-21-27(11,12)16(19-25(5,6)7,20-26(8,9)10)15(17-22)18-24(2,3)4/h15H,13-14,23H2,1-12,22H3. The van der Waals surface area contributed by atoms with Gasteiger partial charge in [-0.05, 0) is 78.1 Å². The summed E-state index contributed by atoms with van der Waals surface area (Å²) in [6, 6.07) is 1.17. The van der Waals surface area contributed by atoms with Crippen LogP contribution in [0.2, 0.25) is 78.1 Å². The Morgan fingerprint density at radius 2 is 1.26 bits per heavy atom. The van der Waals surface area contributed by atoms with Gasteiger partial charge in [0.1, 0.15) is 20.2 Å². The first-order chi connectivity index (χ1) is 11.9. The van der Waals surface area contributed by atoms with Gasteiger partial charge < -0.3 is 21.8 Å². The quantitative estimate of drug-likeness (QED) is 0.226. The molecule has 0 fully saturated rings. The second-order valence-electron chi connectivity index (χ2n) is 10.6. The van der Waals surface area contributed by atoms with E-state index in [0.29, 0.717) is 10.5 Å². The highest BCUT2D eigenvalue weighted by Crippen LogP contribution is 2.39. The lowest BCUT2D eigenvalue weighted by Gasteiger charge is -2.54. The SMILES string of the molecule is CCC[SiH2]O[Si](C)(C)C(O[Si](C)(C)C)(O[Si](C)(C)C)C(O[SiH3])O[Si](C)(C)C. The fourth-order valence-electron chi connectivity index (χ4n) is 2.73. The van der Waals surface area contributed by atoms with Crippen LogP contribution in [0.1, 0.15) is 13.3 Å². The second kappa shape index (κ2) is 10.4. The molecule has 0 rings (SSSR count). The van der Waals surface area contributed by atoms with Gasteiger partial charge in [-0.15, -0.1) is 0 Å². The first-order valence-electron chi connectivity index (χ1n) is 10.1. The van der Waals surface area contributed by atoms with Gasteiger partial charge in [-0.2, -0.15) is 0 Å². The highest BCUT2D eigenvalue weighted by molar-refractivity contribution is 6.81. The molecule has 0 aliphatic carbocycles. The summed E-state index contributed by atoms with van der Waals surface area (Å²) in [5, 5.41) is 0. The molecule has 0 spiro atoms. The van der Waals surface area contributed by atoms with Crippen molar-refractivity contribution in [2.24, 2.45) is 0 Å². The third kappa shape index (κ3) is 10.1. The molecular weight excluding hydrogens is 441 g/mol. The van der Waals surface area contributed by atoms with E-state index in [-0.39, 0.29) is 0 Å². The lowest BCUT2D eigenvalue weighted by atomic mass is 10.6. The van der Waals surface area contributed by atoms with E-state index in [9.17, 15) is 0 Å². The molecule has 0 saturated heterocycles. The summed E-state index contributed by atoms with van der Waals surface area (Å²) >= 11 is 0. The molecule has 0 aromatic heterocycles. The third-order valence-electron chi connectivity index (χ3n) is 3.70. The highest BCUT2D eigenvalue weighted by Gasteiger charge is 2.61. The normalized spacial score (nSPS) is 16.4. The van der Waals surface area contributed by atoms with Crippen molar-refractivity contribution in [3.05, 3.63) is 0 Å². The molecule has 5 nitrogen and oxygen atoms in total. The molecule has 0 radical (unpaired) electrons. The molecule has 0 aliphatic heterocycles. The Morgan fingerprint density at radius 1 is 0.815 bits per heavy atom. The Morgan fingerprint density at radius 3 is 1.56 bits per heavy atom. The lowest BCUT2D eigenvalue weighted by Crippen LogP contribution is -2.73. The van der Waals surface area contributed by atoms with Crippen molar-refractivity contribution in [1.82, 2.24) is 0 Å². The molecule has 0 saturated carbocycles. The topological polar surface area (TPSA) is 46.2 Å². The number of rotatable bonds is 13. The molecule has 0 amide bonds. The van der Waals surface area contributed by atoms with Crippen LogP contribution < -0.4 is 0 Å². The summed E-state index contributed by atoms with van der Waals surface area (Å²) in [6.07, 6.45) is 0.658. The van der Waals surface area contributed by atoms with Crippen molar-refractivity contribution in [3.8, 4) is 0 Å². The Kier molecular flexibility index (Phi) is 10.8. The van der Waals surface area contributed by atoms with Crippen molar-refractivity contribution in [3.63, 3.8) is 0 Å². The van der Waals surface area contributed by atoms with E-state index in [1.54, 1.807) is 0 Å². The Bertz CT molecular complexity index is 426. The average Bonchev–Trinajstić information content (AvgIpc) is 2.39. The van der Waals surface area contributed by atoms with E-state index in [2.05, 4.69) is 78.9 Å². The molecule has 11 heteroatoms. The predicted molar refractivity (Wildman–Crippen MR) is 133 cm³/mol. The fraction of sp³-hybridized carbons (Fsp3) is 1.00. The van der Waals surface area contributed by atoms with E-state index in [1.807, 2.05) is 0 Å². The zero-order valence-electron chi connectivity index (χ0n) is 20.2. The molecule has 0 aromatic carbocycles. The van der Waals surface area contributed by atoms with Crippen molar-refractivity contribution in [2.75, 3.05) is 0 Å². The zero-order chi connectivity index (χ0) is 21.7. The molecule has 0 heterocycles.